The van der Waals surface area contributed by atoms with Crippen LogP contribution in [0, 0.1) is 0 Å². The number of hydrogen-bond acceptors (Lipinski definition) is 7. The second kappa shape index (κ2) is 7.26. The highest BCUT2D eigenvalue weighted by atomic mass is 32.1. The van der Waals surface area contributed by atoms with Gasteiger partial charge < -0.3 is 14.2 Å². The topological polar surface area (TPSA) is 86.8 Å². The number of nitrogens with zero attached hydrogens (tertiary/aromatic N) is 1. The van der Waals surface area contributed by atoms with E-state index >= 15 is 0 Å². The Hall–Kier alpha value is -2.35. The maximum atomic E-state index is 12.2. The molecule has 0 atom stereocenters. The summed E-state index contributed by atoms with van der Waals surface area (Å²) in [5, 5.41) is 2.92. The molecule has 1 amide bonds. The van der Waals surface area contributed by atoms with Gasteiger partial charge in [0.2, 0.25) is 0 Å². The van der Waals surface area contributed by atoms with E-state index in [0.717, 1.165) is 0 Å². The zero-order valence-corrected chi connectivity index (χ0v) is 15.9. The van der Waals surface area contributed by atoms with Crippen LogP contribution in [-0.4, -0.2) is 35.9 Å². The van der Waals surface area contributed by atoms with E-state index in [2.05, 4.69) is 10.3 Å². The monoisotopic (exact) mass is 366 g/mol. The van der Waals surface area contributed by atoms with E-state index in [-0.39, 0.29) is 11.7 Å². The minimum Gasteiger partial charge on any atom is -0.489 e. The quantitative estimate of drug-likeness (QED) is 0.816. The fraction of sp³-hybridized carbons (Fsp3) is 0.471. The third-order valence-electron chi connectivity index (χ3n) is 2.90. The molecule has 0 saturated heterocycles. The molecule has 7 nitrogen and oxygen atoms in total. The van der Waals surface area contributed by atoms with Gasteiger partial charge in [0.25, 0.3) is 0 Å². The third-order valence-corrected chi connectivity index (χ3v) is 4.01. The summed E-state index contributed by atoms with van der Waals surface area (Å²) in [5.74, 6) is -0.00102. The first-order valence-corrected chi connectivity index (χ1v) is 8.60. The lowest BCUT2D eigenvalue weighted by atomic mass is 10.2. The number of methoxy groups -OCH3 is 1. The number of hydrogen-bond donors (Lipinski definition) is 1. The van der Waals surface area contributed by atoms with Crippen LogP contribution in [0.3, 0.4) is 0 Å². The van der Waals surface area contributed by atoms with Crippen molar-refractivity contribution in [2.24, 2.45) is 0 Å². The van der Waals surface area contributed by atoms with E-state index in [9.17, 15) is 9.59 Å². The number of esters is 1. The number of amides is 1. The van der Waals surface area contributed by atoms with Gasteiger partial charge >= 0.3 is 12.1 Å². The highest BCUT2D eigenvalue weighted by molar-refractivity contribution is 7.23. The van der Waals surface area contributed by atoms with E-state index in [1.54, 1.807) is 33.0 Å². The average molecular weight is 366 g/mol. The van der Waals surface area contributed by atoms with Crippen LogP contribution in [0.25, 0.3) is 10.2 Å². The van der Waals surface area contributed by atoms with Crippen molar-refractivity contribution >= 4 is 38.6 Å². The van der Waals surface area contributed by atoms with Crippen LogP contribution < -0.4 is 10.1 Å². The van der Waals surface area contributed by atoms with E-state index in [4.69, 9.17) is 14.2 Å². The van der Waals surface area contributed by atoms with Gasteiger partial charge in [-0.1, -0.05) is 0 Å². The predicted molar refractivity (Wildman–Crippen MR) is 96.6 cm³/mol. The molecule has 0 bridgehead atoms. The zero-order valence-electron chi connectivity index (χ0n) is 15.1. The maximum absolute atomic E-state index is 12.2. The molecule has 1 N–H and O–H groups in total. The summed E-state index contributed by atoms with van der Waals surface area (Å²) in [4.78, 5) is 28.6. The number of rotatable bonds is 4. The second-order valence-corrected chi connectivity index (χ2v) is 7.60. The number of carbonyl (C=O) groups is 2. The lowest BCUT2D eigenvalue weighted by Crippen LogP contribution is -2.27. The molecule has 136 valence electrons. The number of fused-ring (bicyclic) bond motifs is 1. The van der Waals surface area contributed by atoms with Crippen LogP contribution in [0.4, 0.5) is 9.80 Å². The summed E-state index contributed by atoms with van der Waals surface area (Å²) in [6, 6.07) is 1.72. The molecule has 2 aromatic heterocycles. The fourth-order valence-corrected chi connectivity index (χ4v) is 3.18. The minimum atomic E-state index is -0.657. The Balaban J connectivity index is 2.51. The fourth-order valence-electron chi connectivity index (χ4n) is 2.09. The van der Waals surface area contributed by atoms with E-state index < -0.39 is 17.7 Å². The van der Waals surface area contributed by atoms with Gasteiger partial charge in [0.1, 0.15) is 27.4 Å². The second-order valence-electron chi connectivity index (χ2n) is 6.58. The molecule has 0 aromatic carbocycles. The smallest absolute Gasteiger partial charge is 0.412 e. The first kappa shape index (κ1) is 19.0. The predicted octanol–water partition coefficient (Wildman–Crippen LogP) is 4.22. The van der Waals surface area contributed by atoms with Crippen LogP contribution in [0.5, 0.6) is 5.75 Å². The molecule has 8 heteroatoms. The third kappa shape index (κ3) is 4.60. The molecule has 0 radical (unpaired) electrons. The summed E-state index contributed by atoms with van der Waals surface area (Å²) in [7, 11) is 1.28. The Morgan fingerprint density at radius 3 is 2.52 bits per heavy atom. The highest BCUT2D eigenvalue weighted by Crippen LogP contribution is 2.40. The molecule has 2 heterocycles. The van der Waals surface area contributed by atoms with Crippen LogP contribution in [-0.2, 0) is 9.47 Å². The molecule has 25 heavy (non-hydrogen) atoms. The number of nitrogens with one attached hydrogen (secondary N) is 1. The number of pyridine rings is 1. The number of aromatic nitrogens is 1. The van der Waals surface area contributed by atoms with Gasteiger partial charge in [-0.2, -0.15) is 0 Å². The minimum absolute atomic E-state index is 0.0449. The first-order valence-electron chi connectivity index (χ1n) is 7.79. The summed E-state index contributed by atoms with van der Waals surface area (Å²) >= 11 is 1.19. The van der Waals surface area contributed by atoms with Gasteiger partial charge in [-0.3, -0.25) is 10.3 Å². The Kier molecular flexibility index (Phi) is 5.52. The molecule has 0 fully saturated rings. The summed E-state index contributed by atoms with van der Waals surface area (Å²) < 4.78 is 16.5. The summed E-state index contributed by atoms with van der Waals surface area (Å²) in [5.41, 5.74) is -0.0558. The maximum Gasteiger partial charge on any atom is 0.412 e. The number of anilines is 1. The lowest BCUT2D eigenvalue weighted by Gasteiger charge is -2.19. The van der Waals surface area contributed by atoms with Crippen molar-refractivity contribution in [3.63, 3.8) is 0 Å². The largest absolute Gasteiger partial charge is 0.489 e. The summed E-state index contributed by atoms with van der Waals surface area (Å²) in [6.07, 6.45) is 0.850. The molecular formula is C17H22N2O5S. The van der Waals surface area contributed by atoms with E-state index in [1.165, 1.54) is 18.4 Å². The zero-order chi connectivity index (χ0) is 18.8. The molecular weight excluding hydrogens is 344 g/mol. The molecule has 0 aliphatic heterocycles. The molecule has 0 aliphatic carbocycles. The van der Waals surface area contributed by atoms with Crippen LogP contribution in [0.15, 0.2) is 12.3 Å². The Bertz CT molecular complexity index is 792. The Morgan fingerprint density at radius 1 is 1.28 bits per heavy atom. The van der Waals surface area contributed by atoms with Crippen molar-refractivity contribution in [2.75, 3.05) is 12.4 Å². The van der Waals surface area contributed by atoms with Gasteiger partial charge in [-0.25, -0.2) is 9.59 Å². The van der Waals surface area contributed by atoms with Crippen molar-refractivity contribution in [3.05, 3.63) is 17.8 Å². The van der Waals surface area contributed by atoms with Crippen molar-refractivity contribution in [3.8, 4) is 5.75 Å². The molecule has 2 aromatic rings. The van der Waals surface area contributed by atoms with Gasteiger partial charge in [-0.05, 0) is 40.7 Å². The van der Waals surface area contributed by atoms with Gasteiger partial charge in [0, 0.05) is 6.20 Å². The standard InChI is InChI=1S/C17H22N2O5S/c1-9(2)23-10-7-8-18-12-11(15(20)22-6)14(25-13(10)12)19-16(21)24-17(3,4)5/h7-9H,1-6H3,(H,19,21). The number of thiophene rings is 1. The van der Waals surface area contributed by atoms with Gasteiger partial charge in [0.15, 0.2) is 0 Å². The van der Waals surface area contributed by atoms with E-state index in [0.29, 0.717) is 21.0 Å². The van der Waals surface area contributed by atoms with Gasteiger partial charge in [0.05, 0.1) is 17.9 Å². The van der Waals surface area contributed by atoms with Crippen molar-refractivity contribution < 1.29 is 23.8 Å². The summed E-state index contributed by atoms with van der Waals surface area (Å²) in [6.45, 7) is 9.08. The van der Waals surface area contributed by atoms with E-state index in [1.807, 2.05) is 13.8 Å². The Morgan fingerprint density at radius 2 is 1.96 bits per heavy atom. The molecule has 0 saturated carbocycles. The normalized spacial score (nSPS) is 11.5. The lowest BCUT2D eigenvalue weighted by molar-refractivity contribution is 0.0604. The Labute approximate surface area is 150 Å². The molecule has 2 rings (SSSR count). The van der Waals surface area contributed by atoms with Crippen molar-refractivity contribution in [2.45, 2.75) is 46.3 Å². The number of carbonyl (C=O) groups excluding carboxylic acids is 2. The van der Waals surface area contributed by atoms with Crippen LogP contribution in [0.1, 0.15) is 45.0 Å². The highest BCUT2D eigenvalue weighted by Gasteiger charge is 2.26. The van der Waals surface area contributed by atoms with Gasteiger partial charge in [-0.15, -0.1) is 11.3 Å². The molecule has 0 unspecified atom stereocenters. The molecule has 0 aliphatic rings. The van der Waals surface area contributed by atoms with Crippen LogP contribution in [0.2, 0.25) is 0 Å². The van der Waals surface area contributed by atoms with Crippen LogP contribution >= 0.6 is 11.3 Å². The first-order chi connectivity index (χ1) is 11.6. The van der Waals surface area contributed by atoms with Crippen molar-refractivity contribution in [1.29, 1.82) is 0 Å². The average Bonchev–Trinajstić information content (AvgIpc) is 2.82. The SMILES string of the molecule is COC(=O)c1c(NC(=O)OC(C)(C)C)sc2c(OC(C)C)ccnc12. The molecule has 0 spiro atoms. The van der Waals surface area contributed by atoms with Crippen molar-refractivity contribution in [1.82, 2.24) is 4.98 Å². The number of ether oxygens (including phenoxy) is 3.